The first-order chi connectivity index (χ1) is 9.69. The Kier molecular flexibility index (Phi) is 7.15. The summed E-state index contributed by atoms with van der Waals surface area (Å²) in [5, 5.41) is 3.06. The van der Waals surface area contributed by atoms with Crippen molar-refractivity contribution < 1.29 is 9.53 Å². The lowest BCUT2D eigenvalue weighted by atomic mass is 9.66. The number of carbonyl (C=O) groups is 1. The molecule has 0 bridgehead atoms. The highest BCUT2D eigenvalue weighted by Crippen LogP contribution is 2.43. The van der Waals surface area contributed by atoms with Gasteiger partial charge in [0, 0.05) is 32.4 Å². The Hall–Kier alpha value is -1.10. The summed E-state index contributed by atoms with van der Waals surface area (Å²) in [5.74, 6) is -0.00253. The van der Waals surface area contributed by atoms with Crippen molar-refractivity contribution in [1.29, 1.82) is 0 Å². The molecule has 1 amide bonds. The molecular weight excluding hydrogens is 288 g/mol. The molecule has 21 heavy (non-hydrogen) atoms. The molecule has 0 unspecified atom stereocenters. The van der Waals surface area contributed by atoms with Crippen molar-refractivity contribution in [2.24, 2.45) is 11.1 Å². The molecule has 0 heterocycles. The van der Waals surface area contributed by atoms with Crippen molar-refractivity contribution in [1.82, 2.24) is 5.32 Å². The van der Waals surface area contributed by atoms with Crippen LogP contribution in [0.5, 0.6) is 0 Å². The molecule has 3 N–H and O–H groups in total. The van der Waals surface area contributed by atoms with Crippen molar-refractivity contribution in [3.63, 3.8) is 0 Å². The normalized spacial score (nSPS) is 15.7. The van der Waals surface area contributed by atoms with Crippen molar-refractivity contribution in [3.05, 3.63) is 35.4 Å². The summed E-state index contributed by atoms with van der Waals surface area (Å²) in [5.41, 5.74) is 7.54. The van der Waals surface area contributed by atoms with Gasteiger partial charge in [-0.25, -0.2) is 0 Å². The zero-order valence-electron chi connectivity index (χ0n) is 12.6. The molecule has 1 aliphatic carbocycles. The third-order valence-electron chi connectivity index (χ3n) is 4.33. The van der Waals surface area contributed by atoms with Gasteiger partial charge in [0.1, 0.15) is 0 Å². The lowest BCUT2D eigenvalue weighted by molar-refractivity contribution is 0.0631. The Labute approximate surface area is 132 Å². The van der Waals surface area contributed by atoms with Crippen LogP contribution < -0.4 is 11.1 Å². The monoisotopic (exact) mass is 312 g/mol. The first-order valence-electron chi connectivity index (χ1n) is 7.25. The molecule has 2 rings (SSSR count). The fraction of sp³-hybridized carbons (Fsp3) is 0.562. The maximum atomic E-state index is 12.1. The number of nitrogens with two attached hydrogens (primary N) is 1. The van der Waals surface area contributed by atoms with Gasteiger partial charge in [-0.2, -0.15) is 0 Å². The Morgan fingerprint density at radius 2 is 2.00 bits per heavy atom. The minimum Gasteiger partial charge on any atom is -0.385 e. The van der Waals surface area contributed by atoms with E-state index in [9.17, 15) is 4.79 Å². The van der Waals surface area contributed by atoms with Crippen LogP contribution in [0.2, 0.25) is 0 Å². The number of rotatable bonds is 7. The van der Waals surface area contributed by atoms with Gasteiger partial charge in [-0.15, -0.1) is 12.4 Å². The number of hydrogen-bond acceptors (Lipinski definition) is 3. The van der Waals surface area contributed by atoms with Crippen LogP contribution in [0, 0.1) is 5.41 Å². The molecule has 0 aromatic heterocycles. The van der Waals surface area contributed by atoms with Gasteiger partial charge >= 0.3 is 0 Å². The smallest absolute Gasteiger partial charge is 0.251 e. The predicted octanol–water partition coefficient (Wildman–Crippen LogP) is 2.50. The van der Waals surface area contributed by atoms with Crippen LogP contribution in [-0.2, 0) is 11.3 Å². The molecule has 0 atom stereocenters. The average molecular weight is 313 g/mol. The van der Waals surface area contributed by atoms with Gasteiger partial charge in [0.15, 0.2) is 0 Å². The zero-order valence-corrected chi connectivity index (χ0v) is 13.4. The van der Waals surface area contributed by atoms with Gasteiger partial charge in [0.2, 0.25) is 0 Å². The Morgan fingerprint density at radius 3 is 2.48 bits per heavy atom. The number of halogens is 1. The summed E-state index contributed by atoms with van der Waals surface area (Å²) in [4.78, 5) is 12.1. The third kappa shape index (κ3) is 4.70. The maximum absolute atomic E-state index is 12.1. The molecule has 1 aliphatic rings. The van der Waals surface area contributed by atoms with E-state index in [1.54, 1.807) is 7.11 Å². The van der Waals surface area contributed by atoms with E-state index in [1.807, 2.05) is 24.3 Å². The van der Waals surface area contributed by atoms with Gasteiger partial charge in [-0.05, 0) is 42.4 Å². The lowest BCUT2D eigenvalue weighted by Crippen LogP contribution is -2.42. The summed E-state index contributed by atoms with van der Waals surface area (Å²) >= 11 is 0. The van der Waals surface area contributed by atoms with Crippen LogP contribution in [0.4, 0.5) is 0 Å². The fourth-order valence-corrected chi connectivity index (χ4v) is 2.67. The van der Waals surface area contributed by atoms with E-state index in [-0.39, 0.29) is 23.7 Å². The molecule has 0 saturated heterocycles. The van der Waals surface area contributed by atoms with Gasteiger partial charge < -0.3 is 15.8 Å². The molecular formula is C16H25ClN2O2. The first kappa shape index (κ1) is 18.0. The van der Waals surface area contributed by atoms with E-state index in [1.165, 1.54) is 19.3 Å². The number of carbonyl (C=O) groups excluding carboxylic acids is 1. The summed E-state index contributed by atoms with van der Waals surface area (Å²) in [7, 11) is 1.73. The van der Waals surface area contributed by atoms with Crippen LogP contribution in [0.3, 0.4) is 0 Å². The van der Waals surface area contributed by atoms with Crippen molar-refractivity contribution >= 4 is 18.3 Å². The highest BCUT2D eigenvalue weighted by atomic mass is 35.5. The fourth-order valence-electron chi connectivity index (χ4n) is 2.67. The minimum absolute atomic E-state index is 0. The van der Waals surface area contributed by atoms with Crippen molar-refractivity contribution in [2.75, 3.05) is 20.3 Å². The van der Waals surface area contributed by atoms with Gasteiger partial charge in [-0.1, -0.05) is 18.6 Å². The lowest BCUT2D eigenvalue weighted by Gasteiger charge is -2.42. The van der Waals surface area contributed by atoms with Crippen LogP contribution in [-0.4, -0.2) is 26.2 Å². The SMILES string of the molecule is COCCC1(CNC(=O)c2ccc(CN)cc2)CCC1.Cl. The van der Waals surface area contributed by atoms with Gasteiger partial charge in [0.25, 0.3) is 5.91 Å². The highest BCUT2D eigenvalue weighted by Gasteiger charge is 2.36. The number of ether oxygens (including phenoxy) is 1. The van der Waals surface area contributed by atoms with Crippen LogP contribution in [0.25, 0.3) is 0 Å². The molecule has 1 aromatic rings. The summed E-state index contributed by atoms with van der Waals surface area (Å²) in [6, 6.07) is 7.47. The Bertz CT molecular complexity index is 444. The largest absolute Gasteiger partial charge is 0.385 e. The molecule has 0 aliphatic heterocycles. The van der Waals surface area contributed by atoms with E-state index in [2.05, 4.69) is 5.32 Å². The highest BCUT2D eigenvalue weighted by molar-refractivity contribution is 5.94. The molecule has 0 spiro atoms. The Balaban J connectivity index is 0.00000220. The van der Waals surface area contributed by atoms with E-state index >= 15 is 0 Å². The molecule has 1 aromatic carbocycles. The average Bonchev–Trinajstić information content (AvgIpc) is 2.45. The molecule has 0 radical (unpaired) electrons. The topological polar surface area (TPSA) is 64.3 Å². The van der Waals surface area contributed by atoms with Crippen LogP contribution >= 0.6 is 12.4 Å². The number of hydrogen-bond donors (Lipinski definition) is 2. The number of amides is 1. The second-order valence-electron chi connectivity index (χ2n) is 5.68. The van der Waals surface area contributed by atoms with E-state index in [0.29, 0.717) is 12.1 Å². The summed E-state index contributed by atoms with van der Waals surface area (Å²) in [6.45, 7) is 2.01. The molecule has 4 nitrogen and oxygen atoms in total. The van der Waals surface area contributed by atoms with Crippen LogP contribution in [0.1, 0.15) is 41.6 Å². The van der Waals surface area contributed by atoms with E-state index < -0.39 is 0 Å². The second-order valence-corrected chi connectivity index (χ2v) is 5.68. The van der Waals surface area contributed by atoms with Crippen molar-refractivity contribution in [3.8, 4) is 0 Å². The standard InChI is InChI=1S/C16H24N2O2.ClH/c1-20-10-9-16(7-2-8-16)12-18-15(19)14-5-3-13(11-17)4-6-14;/h3-6H,2,7-12,17H2,1H3,(H,18,19);1H. The van der Waals surface area contributed by atoms with E-state index in [0.717, 1.165) is 25.1 Å². The predicted molar refractivity (Wildman–Crippen MR) is 86.7 cm³/mol. The number of methoxy groups -OCH3 is 1. The minimum atomic E-state index is -0.00253. The first-order valence-corrected chi connectivity index (χ1v) is 7.25. The molecule has 5 heteroatoms. The summed E-state index contributed by atoms with van der Waals surface area (Å²) < 4.78 is 5.17. The maximum Gasteiger partial charge on any atom is 0.251 e. The van der Waals surface area contributed by atoms with E-state index in [4.69, 9.17) is 10.5 Å². The van der Waals surface area contributed by atoms with Gasteiger partial charge in [0.05, 0.1) is 0 Å². The molecule has 1 fully saturated rings. The quantitative estimate of drug-likeness (QED) is 0.813. The third-order valence-corrected chi connectivity index (χ3v) is 4.33. The van der Waals surface area contributed by atoms with Gasteiger partial charge in [-0.3, -0.25) is 4.79 Å². The zero-order chi connectivity index (χ0) is 14.4. The number of benzene rings is 1. The summed E-state index contributed by atoms with van der Waals surface area (Å²) in [6.07, 6.45) is 4.65. The molecule has 1 saturated carbocycles. The number of nitrogens with one attached hydrogen (secondary N) is 1. The molecule has 118 valence electrons. The van der Waals surface area contributed by atoms with Crippen molar-refractivity contribution in [2.45, 2.75) is 32.2 Å². The van der Waals surface area contributed by atoms with Crippen LogP contribution in [0.15, 0.2) is 24.3 Å². The Morgan fingerprint density at radius 1 is 1.33 bits per heavy atom. The second kappa shape index (κ2) is 8.37.